The van der Waals surface area contributed by atoms with Crippen molar-refractivity contribution in [3.63, 3.8) is 0 Å². The molecule has 0 spiro atoms. The van der Waals surface area contributed by atoms with Crippen LogP contribution in [0.1, 0.15) is 21.5 Å². The molecule has 5 rings (SSSR count). The fourth-order valence-electron chi connectivity index (χ4n) is 5.46. The largest absolute Gasteiger partial charge is 0.496 e. The summed E-state index contributed by atoms with van der Waals surface area (Å²) in [4.78, 5) is 42.1. The maximum atomic E-state index is 13.9. The Kier molecular flexibility index (Phi) is 10.2. The average Bonchev–Trinajstić information content (AvgIpc) is 3.40. The molecule has 0 saturated heterocycles. The van der Waals surface area contributed by atoms with Crippen LogP contribution in [0.2, 0.25) is 0 Å². The number of nitrogens with zero attached hydrogens (tertiary/aromatic N) is 1. The van der Waals surface area contributed by atoms with Crippen molar-refractivity contribution >= 4 is 43.4 Å². The molecular formula is C33H27F6N3O9S. The van der Waals surface area contributed by atoms with Gasteiger partial charge in [-0.25, -0.2) is 13.1 Å². The molecule has 0 aliphatic heterocycles. The molecule has 2 N–H and O–H groups in total. The number of hydrogen-bond acceptors (Lipinski definition) is 9. The van der Waals surface area contributed by atoms with Crippen LogP contribution in [0.25, 0.3) is 27.4 Å². The van der Waals surface area contributed by atoms with E-state index in [1.165, 1.54) is 75.9 Å². The number of fused-ring (bicyclic) bond motifs is 2. The number of aromatic nitrogens is 2. The van der Waals surface area contributed by atoms with Gasteiger partial charge in [0.15, 0.2) is 19.0 Å². The number of nitrogens with one attached hydrogen (secondary N) is 2. The van der Waals surface area contributed by atoms with Gasteiger partial charge >= 0.3 is 18.3 Å². The Bertz CT molecular complexity index is 2350. The number of alkyl halides is 6. The summed E-state index contributed by atoms with van der Waals surface area (Å²) in [6, 6.07) is 10.7. The second-order valence-electron chi connectivity index (χ2n) is 11.2. The van der Waals surface area contributed by atoms with Gasteiger partial charge < -0.3 is 23.9 Å². The lowest BCUT2D eigenvalue weighted by Crippen LogP contribution is -2.37. The van der Waals surface area contributed by atoms with Crippen LogP contribution in [0.15, 0.2) is 65.7 Å². The molecule has 2 heterocycles. The van der Waals surface area contributed by atoms with Crippen LogP contribution < -0.4 is 29.2 Å². The van der Waals surface area contributed by atoms with E-state index in [9.17, 15) is 49.1 Å². The number of rotatable bonds is 12. The van der Waals surface area contributed by atoms with Gasteiger partial charge in [-0.15, -0.1) is 0 Å². The summed E-state index contributed by atoms with van der Waals surface area (Å²) in [5.41, 5.74) is -1.07. The van der Waals surface area contributed by atoms with Gasteiger partial charge in [0, 0.05) is 17.8 Å². The molecule has 0 atom stereocenters. The SMILES string of the molecule is COc1cccc(OC)c1C(=O)C(=O)NS(=O)(=O)Cc1ccc(-n2cc3c(OCC(F)(F)F)c4[nH]cccc4c(OCC(F)(F)F)c3c2=O)c(C)c1. The number of amides is 1. The van der Waals surface area contributed by atoms with Crippen LogP contribution >= 0.6 is 0 Å². The molecule has 19 heteroatoms. The van der Waals surface area contributed by atoms with Gasteiger partial charge in [-0.05, 0) is 48.4 Å². The Labute approximate surface area is 289 Å². The van der Waals surface area contributed by atoms with Crippen LogP contribution in [0.3, 0.4) is 0 Å². The zero-order valence-electron chi connectivity index (χ0n) is 27.2. The standard InChI is InChI=1S/C33H27F6N3O9S/c1-17-12-18(14-52(46,47)41-30(44)27(43)25-22(48-2)7-4-8-23(25)49-3)9-10-21(17)42-13-20-24(31(42)45)28(50-15-32(34,35)36)19-6-5-11-40-26(19)29(20)51-16-33(37,38)39/h4-13,40H,14-16H2,1-3H3,(H,41,44). The Morgan fingerprint density at radius 1 is 0.865 bits per heavy atom. The lowest BCUT2D eigenvalue weighted by Gasteiger charge is -2.16. The molecule has 1 amide bonds. The Balaban J connectivity index is 1.52. The molecule has 0 aliphatic carbocycles. The number of pyridine rings is 1. The molecule has 0 bridgehead atoms. The molecule has 0 radical (unpaired) electrons. The number of aryl methyl sites for hydroxylation is 1. The minimum absolute atomic E-state index is 0.0390. The maximum absolute atomic E-state index is 13.9. The molecule has 0 fully saturated rings. The third-order valence-electron chi connectivity index (χ3n) is 7.51. The summed E-state index contributed by atoms with van der Waals surface area (Å²) < 4.78 is 128. The quantitative estimate of drug-likeness (QED) is 0.0954. The predicted octanol–water partition coefficient (Wildman–Crippen LogP) is 5.51. The van der Waals surface area contributed by atoms with Gasteiger partial charge in [0.05, 0.1) is 41.9 Å². The molecule has 52 heavy (non-hydrogen) atoms. The number of carbonyl (C=O) groups is 2. The molecule has 0 unspecified atom stereocenters. The van der Waals surface area contributed by atoms with Crippen molar-refractivity contribution in [1.82, 2.24) is 14.3 Å². The zero-order chi connectivity index (χ0) is 38.2. The van der Waals surface area contributed by atoms with Gasteiger partial charge in [-0.3, -0.25) is 19.0 Å². The number of ether oxygens (including phenoxy) is 4. The van der Waals surface area contributed by atoms with Crippen molar-refractivity contribution in [3.05, 3.63) is 88.0 Å². The summed E-state index contributed by atoms with van der Waals surface area (Å²) in [6.07, 6.45) is -7.29. The first-order chi connectivity index (χ1) is 24.3. The minimum atomic E-state index is -4.84. The highest BCUT2D eigenvalue weighted by Crippen LogP contribution is 2.42. The number of methoxy groups -OCH3 is 2. The topological polar surface area (TPSA) is 155 Å². The number of H-pyrrole nitrogens is 1. The van der Waals surface area contributed by atoms with Crippen LogP contribution in [-0.2, 0) is 20.6 Å². The van der Waals surface area contributed by atoms with E-state index in [4.69, 9.17) is 18.9 Å². The highest BCUT2D eigenvalue weighted by Gasteiger charge is 2.33. The van der Waals surface area contributed by atoms with Crippen molar-refractivity contribution in [2.24, 2.45) is 0 Å². The highest BCUT2D eigenvalue weighted by molar-refractivity contribution is 7.89. The van der Waals surface area contributed by atoms with Crippen LogP contribution in [-0.4, -0.2) is 69.4 Å². The summed E-state index contributed by atoms with van der Waals surface area (Å²) in [7, 11) is -2.04. The minimum Gasteiger partial charge on any atom is -0.496 e. The molecule has 276 valence electrons. The molecule has 3 aromatic carbocycles. The van der Waals surface area contributed by atoms with Crippen LogP contribution in [0.4, 0.5) is 26.3 Å². The van der Waals surface area contributed by atoms with Crippen molar-refractivity contribution in [1.29, 1.82) is 0 Å². The molecule has 0 aliphatic rings. The summed E-state index contributed by atoms with van der Waals surface area (Å²) in [5.74, 6) is -4.68. The Morgan fingerprint density at radius 3 is 2.06 bits per heavy atom. The number of halogens is 6. The van der Waals surface area contributed by atoms with Crippen LogP contribution in [0, 0.1) is 6.92 Å². The average molecular weight is 756 g/mol. The van der Waals surface area contributed by atoms with E-state index in [0.717, 1.165) is 10.8 Å². The normalized spacial score (nSPS) is 12.2. The van der Waals surface area contributed by atoms with Gasteiger partial charge in [0.25, 0.3) is 11.3 Å². The molecular weight excluding hydrogens is 728 g/mol. The lowest BCUT2D eigenvalue weighted by molar-refractivity contribution is -0.154. The first-order valence-corrected chi connectivity index (χ1v) is 16.5. The fraction of sp³-hybridized carbons (Fsp3) is 0.242. The van der Waals surface area contributed by atoms with Crippen molar-refractivity contribution < 1.29 is 63.3 Å². The van der Waals surface area contributed by atoms with Crippen molar-refractivity contribution in [3.8, 4) is 28.7 Å². The van der Waals surface area contributed by atoms with E-state index in [1.54, 1.807) is 4.72 Å². The highest BCUT2D eigenvalue weighted by atomic mass is 32.2. The molecule has 0 saturated carbocycles. The number of ketones is 1. The van der Waals surface area contributed by atoms with E-state index >= 15 is 0 Å². The van der Waals surface area contributed by atoms with Gasteiger partial charge in [-0.2, -0.15) is 26.3 Å². The zero-order valence-corrected chi connectivity index (χ0v) is 28.0. The van der Waals surface area contributed by atoms with Crippen molar-refractivity contribution in [2.45, 2.75) is 25.0 Å². The number of sulfonamides is 1. The summed E-state index contributed by atoms with van der Waals surface area (Å²) >= 11 is 0. The third kappa shape index (κ3) is 7.93. The molecule has 2 aromatic heterocycles. The monoisotopic (exact) mass is 755 g/mol. The smallest absolute Gasteiger partial charge is 0.422 e. The number of Topliss-reactive ketones (excluding diaryl/α,β-unsaturated/α-hetero) is 1. The van der Waals surface area contributed by atoms with Crippen LogP contribution in [0.5, 0.6) is 23.0 Å². The van der Waals surface area contributed by atoms with E-state index in [0.29, 0.717) is 0 Å². The van der Waals surface area contributed by atoms with Gasteiger partial charge in [-0.1, -0.05) is 18.2 Å². The first-order valence-electron chi connectivity index (χ1n) is 14.8. The van der Waals surface area contributed by atoms with E-state index in [2.05, 4.69) is 4.98 Å². The number of benzene rings is 3. The first kappa shape index (κ1) is 37.5. The van der Waals surface area contributed by atoms with E-state index in [-0.39, 0.29) is 50.2 Å². The number of carbonyl (C=O) groups excluding carboxylic acids is 2. The lowest BCUT2D eigenvalue weighted by atomic mass is 10.1. The second-order valence-corrected chi connectivity index (χ2v) is 12.9. The second kappa shape index (κ2) is 14.1. The summed E-state index contributed by atoms with van der Waals surface area (Å²) in [5, 5.41) is -0.960. The maximum Gasteiger partial charge on any atom is 0.422 e. The van der Waals surface area contributed by atoms with Gasteiger partial charge in [0.2, 0.25) is 10.0 Å². The molecule has 5 aromatic rings. The Hall–Kier alpha value is -5.72. The van der Waals surface area contributed by atoms with E-state index in [1.807, 2.05) is 0 Å². The van der Waals surface area contributed by atoms with E-state index < -0.39 is 75.5 Å². The fourth-order valence-corrected chi connectivity index (χ4v) is 6.52. The van der Waals surface area contributed by atoms with Crippen molar-refractivity contribution in [2.75, 3.05) is 27.4 Å². The molecule has 12 nitrogen and oxygen atoms in total. The third-order valence-corrected chi connectivity index (χ3v) is 8.72. The summed E-state index contributed by atoms with van der Waals surface area (Å²) in [6.45, 7) is -2.16. The predicted molar refractivity (Wildman–Crippen MR) is 174 cm³/mol. The number of hydrogen-bond donors (Lipinski definition) is 2. The Morgan fingerprint density at radius 2 is 1.48 bits per heavy atom. The number of aromatic amines is 1. The van der Waals surface area contributed by atoms with Gasteiger partial charge in [0.1, 0.15) is 22.8 Å².